The van der Waals surface area contributed by atoms with Crippen molar-refractivity contribution in [1.29, 1.82) is 0 Å². The maximum Gasteiger partial charge on any atom is 0.138 e. The number of nitrogens with zero attached hydrogens (tertiary/aromatic N) is 1. The van der Waals surface area contributed by atoms with Gasteiger partial charge in [0.1, 0.15) is 11.0 Å². The third kappa shape index (κ3) is 4.31. The highest BCUT2D eigenvalue weighted by molar-refractivity contribution is 7.25. The molecule has 2 aliphatic carbocycles. The van der Waals surface area contributed by atoms with Gasteiger partial charge in [-0.25, -0.2) is 0 Å². The van der Waals surface area contributed by atoms with Crippen molar-refractivity contribution in [3.8, 4) is 0 Å². The molecule has 2 nitrogen and oxygen atoms in total. The van der Waals surface area contributed by atoms with Crippen LogP contribution in [0.1, 0.15) is 47.4 Å². The summed E-state index contributed by atoms with van der Waals surface area (Å²) in [6.45, 7) is 0. The number of fused-ring (bicyclic) bond motifs is 8. The average Bonchev–Trinajstić information content (AvgIpc) is 3.65. The molecule has 5 aromatic carbocycles. The SMILES string of the molecule is C1=CCC(c2ccc(N3c4ccc(C5=c6oc7ccccc7c6=CCC5)cc4C=Cc4cc5sc6ccccc6c5cc43)cc2)C=C1. The number of furan rings is 1. The van der Waals surface area contributed by atoms with Gasteiger partial charge < -0.3 is 9.32 Å². The van der Waals surface area contributed by atoms with Crippen LogP contribution in [0.5, 0.6) is 0 Å². The molecule has 3 heteroatoms. The summed E-state index contributed by atoms with van der Waals surface area (Å²) >= 11 is 1.88. The molecule has 0 saturated heterocycles. The Morgan fingerprint density at radius 1 is 0.702 bits per heavy atom. The van der Waals surface area contributed by atoms with E-state index in [0.29, 0.717) is 5.92 Å². The molecule has 0 saturated carbocycles. The summed E-state index contributed by atoms with van der Waals surface area (Å²) in [6, 6.07) is 38.2. The first kappa shape index (κ1) is 26.8. The molecule has 3 aliphatic rings. The number of anilines is 3. The second kappa shape index (κ2) is 10.6. The van der Waals surface area contributed by atoms with E-state index in [4.69, 9.17) is 4.42 Å². The van der Waals surface area contributed by atoms with Gasteiger partial charge in [-0.05, 0) is 90.0 Å². The fourth-order valence-corrected chi connectivity index (χ4v) is 8.85. The zero-order valence-corrected chi connectivity index (χ0v) is 26.6. The molecule has 0 bridgehead atoms. The van der Waals surface area contributed by atoms with Crippen LogP contribution in [0.3, 0.4) is 0 Å². The van der Waals surface area contributed by atoms with E-state index in [0.717, 1.165) is 30.3 Å². The zero-order valence-electron chi connectivity index (χ0n) is 25.8. The summed E-state index contributed by atoms with van der Waals surface area (Å²) in [7, 11) is 0. The standard InChI is InChI=1S/C44H31NOS/c1-2-9-28(10-3-1)29-19-22-33(23-20-29)45-39-24-21-30(34-13-8-14-37-35-11-4-6-15-41(35)46-44(34)37)25-31(39)17-18-32-26-43-38(27-40(32)45)36-12-5-7-16-42(36)47-43/h1-7,9,11-12,14-28H,8,10,13H2. The number of hydrogen-bond acceptors (Lipinski definition) is 3. The predicted octanol–water partition coefficient (Wildman–Crippen LogP) is 11.1. The molecule has 1 atom stereocenters. The third-order valence-corrected chi connectivity index (χ3v) is 11.2. The molecular weight excluding hydrogens is 591 g/mol. The van der Waals surface area contributed by atoms with E-state index in [1.165, 1.54) is 75.7 Å². The first-order valence-corrected chi connectivity index (χ1v) is 17.3. The van der Waals surface area contributed by atoms with Gasteiger partial charge in [-0.15, -0.1) is 11.3 Å². The van der Waals surface area contributed by atoms with Crippen LogP contribution in [0, 0.1) is 0 Å². The highest BCUT2D eigenvalue weighted by atomic mass is 32.1. The molecule has 0 fully saturated rings. The maximum atomic E-state index is 6.49. The van der Waals surface area contributed by atoms with Crippen molar-refractivity contribution in [2.75, 3.05) is 4.90 Å². The molecule has 1 unspecified atom stereocenters. The van der Waals surface area contributed by atoms with Crippen molar-refractivity contribution in [2.24, 2.45) is 0 Å². The van der Waals surface area contributed by atoms with Crippen LogP contribution in [0.2, 0.25) is 0 Å². The van der Waals surface area contributed by atoms with Crippen molar-refractivity contribution in [3.05, 3.63) is 160 Å². The quantitative estimate of drug-likeness (QED) is 0.195. The van der Waals surface area contributed by atoms with E-state index >= 15 is 0 Å². The Bertz CT molecular complexity index is 2610. The number of benzene rings is 5. The molecule has 1 aliphatic heterocycles. The third-order valence-electron chi connectivity index (χ3n) is 10.0. The normalized spacial score (nSPS) is 16.7. The maximum absolute atomic E-state index is 6.49. The molecule has 0 amide bonds. The molecule has 0 N–H and O–H groups in total. The van der Waals surface area contributed by atoms with E-state index in [-0.39, 0.29) is 0 Å². The predicted molar refractivity (Wildman–Crippen MR) is 200 cm³/mol. The zero-order chi connectivity index (χ0) is 30.9. The van der Waals surface area contributed by atoms with Crippen LogP contribution in [-0.4, -0.2) is 0 Å². The lowest BCUT2D eigenvalue weighted by Gasteiger charge is -2.28. The minimum absolute atomic E-state index is 0.423. The summed E-state index contributed by atoms with van der Waals surface area (Å²) in [5, 5.41) is 5.06. The molecule has 7 aromatic rings. The highest BCUT2D eigenvalue weighted by Gasteiger charge is 2.24. The van der Waals surface area contributed by atoms with E-state index in [1.807, 2.05) is 11.3 Å². The fraction of sp³-hybridized carbons (Fsp3) is 0.0909. The Balaban J connectivity index is 1.17. The van der Waals surface area contributed by atoms with E-state index in [1.54, 1.807) is 0 Å². The number of allylic oxidation sites excluding steroid dienone is 4. The molecule has 47 heavy (non-hydrogen) atoms. The van der Waals surface area contributed by atoms with Gasteiger partial charge in [-0.2, -0.15) is 0 Å². The van der Waals surface area contributed by atoms with Gasteiger partial charge >= 0.3 is 0 Å². The molecule has 0 spiro atoms. The smallest absolute Gasteiger partial charge is 0.138 e. The molecule has 10 rings (SSSR count). The Kier molecular flexibility index (Phi) is 6.03. The number of para-hydroxylation sites is 1. The summed E-state index contributed by atoms with van der Waals surface area (Å²) < 4.78 is 9.14. The minimum atomic E-state index is 0.423. The van der Waals surface area contributed by atoms with Crippen LogP contribution in [0.4, 0.5) is 17.1 Å². The van der Waals surface area contributed by atoms with Crippen LogP contribution < -0.4 is 15.5 Å². The van der Waals surface area contributed by atoms with Crippen LogP contribution in [-0.2, 0) is 0 Å². The average molecular weight is 622 g/mol. The molecular formula is C44H31NOS. The number of thiophene rings is 1. The Labute approximate surface area is 277 Å². The van der Waals surface area contributed by atoms with E-state index in [9.17, 15) is 0 Å². The first-order valence-electron chi connectivity index (χ1n) is 16.5. The van der Waals surface area contributed by atoms with Crippen molar-refractivity contribution in [1.82, 2.24) is 0 Å². The molecule has 2 aromatic heterocycles. The summed E-state index contributed by atoms with van der Waals surface area (Å²) in [4.78, 5) is 2.46. The van der Waals surface area contributed by atoms with Gasteiger partial charge in [-0.1, -0.05) is 97.1 Å². The summed E-state index contributed by atoms with van der Waals surface area (Å²) in [5.74, 6) is 0.423. The molecule has 224 valence electrons. The van der Waals surface area contributed by atoms with E-state index < -0.39 is 0 Å². The molecule has 0 radical (unpaired) electrons. The van der Waals surface area contributed by atoms with Crippen LogP contribution >= 0.6 is 11.3 Å². The van der Waals surface area contributed by atoms with Gasteiger partial charge in [-0.3, -0.25) is 0 Å². The van der Waals surface area contributed by atoms with Gasteiger partial charge in [0, 0.05) is 48.0 Å². The topological polar surface area (TPSA) is 16.4 Å². The lowest BCUT2D eigenvalue weighted by atomic mass is 9.92. The lowest BCUT2D eigenvalue weighted by Crippen LogP contribution is -2.26. The Hall–Kier alpha value is -5.38. The van der Waals surface area contributed by atoms with E-state index in [2.05, 4.69) is 151 Å². The highest BCUT2D eigenvalue weighted by Crippen LogP contribution is 2.46. The van der Waals surface area contributed by atoms with Gasteiger partial charge in [0.05, 0.1) is 11.4 Å². The minimum Gasteiger partial charge on any atom is -0.456 e. The number of rotatable bonds is 3. The van der Waals surface area contributed by atoms with Gasteiger partial charge in [0.25, 0.3) is 0 Å². The summed E-state index contributed by atoms with van der Waals surface area (Å²) in [6.07, 6.45) is 18.9. The largest absolute Gasteiger partial charge is 0.456 e. The van der Waals surface area contributed by atoms with Crippen molar-refractivity contribution in [2.45, 2.75) is 25.2 Å². The summed E-state index contributed by atoms with van der Waals surface area (Å²) in [5.41, 5.74) is 11.8. The molecule has 3 heterocycles. The second-order valence-corrected chi connectivity index (χ2v) is 13.8. The second-order valence-electron chi connectivity index (χ2n) is 12.8. The van der Waals surface area contributed by atoms with Crippen LogP contribution in [0.25, 0.3) is 54.9 Å². The number of hydrogen-bond donors (Lipinski definition) is 0. The monoisotopic (exact) mass is 621 g/mol. The van der Waals surface area contributed by atoms with Crippen LogP contribution in [0.15, 0.2) is 132 Å². The van der Waals surface area contributed by atoms with Gasteiger partial charge in [0.15, 0.2) is 0 Å². The van der Waals surface area contributed by atoms with Crippen molar-refractivity contribution in [3.63, 3.8) is 0 Å². The lowest BCUT2D eigenvalue weighted by molar-refractivity contribution is 0.568. The van der Waals surface area contributed by atoms with Crippen molar-refractivity contribution >= 4 is 83.3 Å². The van der Waals surface area contributed by atoms with Crippen molar-refractivity contribution < 1.29 is 4.42 Å². The Morgan fingerprint density at radius 3 is 2.40 bits per heavy atom. The Morgan fingerprint density at radius 2 is 1.53 bits per heavy atom. The first-order chi connectivity index (χ1) is 23.3. The fourth-order valence-electron chi connectivity index (χ4n) is 7.71. The van der Waals surface area contributed by atoms with Gasteiger partial charge in [0.2, 0.25) is 0 Å².